The van der Waals surface area contributed by atoms with E-state index in [4.69, 9.17) is 0 Å². The average Bonchev–Trinajstić information content (AvgIpc) is 2.74. The molecule has 17 heavy (non-hydrogen) atoms. The molecule has 92 valence electrons. The number of hydrogen-bond acceptors (Lipinski definition) is 2. The summed E-state index contributed by atoms with van der Waals surface area (Å²) in [5, 5.41) is 2.76. The van der Waals surface area contributed by atoms with Crippen molar-refractivity contribution in [2.45, 2.75) is 13.3 Å². The molecule has 1 N–H and O–H groups in total. The van der Waals surface area contributed by atoms with Crippen LogP contribution in [0, 0.1) is 11.7 Å². The van der Waals surface area contributed by atoms with Crippen molar-refractivity contribution in [3.63, 3.8) is 0 Å². The first-order chi connectivity index (χ1) is 8.13. The minimum Gasteiger partial charge on any atom is -0.385 e. The lowest BCUT2D eigenvalue weighted by atomic mass is 10.1. The molecule has 1 heterocycles. The zero-order valence-corrected chi connectivity index (χ0v) is 10.2. The van der Waals surface area contributed by atoms with E-state index in [1.54, 1.807) is 24.1 Å². The normalized spacial score (nSPS) is 19.5. The molecule has 2 rings (SSSR count). The minimum absolute atomic E-state index is 0.0850. The van der Waals surface area contributed by atoms with Crippen molar-refractivity contribution in [1.29, 1.82) is 0 Å². The smallest absolute Gasteiger partial charge is 0.256 e. The summed E-state index contributed by atoms with van der Waals surface area (Å²) in [7, 11) is 1.63. The van der Waals surface area contributed by atoms with E-state index in [0.29, 0.717) is 11.5 Å². The Morgan fingerprint density at radius 2 is 2.29 bits per heavy atom. The van der Waals surface area contributed by atoms with Gasteiger partial charge >= 0.3 is 0 Å². The molecule has 0 radical (unpaired) electrons. The van der Waals surface area contributed by atoms with E-state index in [-0.39, 0.29) is 17.4 Å². The maximum Gasteiger partial charge on any atom is 0.256 e. The summed E-state index contributed by atoms with van der Waals surface area (Å²) < 4.78 is 13.5. The molecular weight excluding hydrogens is 219 g/mol. The highest BCUT2D eigenvalue weighted by atomic mass is 19.1. The quantitative estimate of drug-likeness (QED) is 0.854. The van der Waals surface area contributed by atoms with Gasteiger partial charge in [-0.1, -0.05) is 13.0 Å². The summed E-state index contributed by atoms with van der Waals surface area (Å²) in [6.07, 6.45) is 1.02. The van der Waals surface area contributed by atoms with Crippen molar-refractivity contribution in [3.05, 3.63) is 29.6 Å². The number of nitrogens with one attached hydrogen (secondary N) is 1. The van der Waals surface area contributed by atoms with Crippen molar-refractivity contribution in [2.24, 2.45) is 5.92 Å². The molecule has 1 amide bonds. The molecule has 3 nitrogen and oxygen atoms in total. The summed E-state index contributed by atoms with van der Waals surface area (Å²) in [5.41, 5.74) is 0.707. The average molecular weight is 236 g/mol. The predicted octanol–water partition coefficient (Wildman–Crippen LogP) is 2.35. The summed E-state index contributed by atoms with van der Waals surface area (Å²) in [5.74, 6) is 0.0642. The second kappa shape index (κ2) is 4.73. The maximum atomic E-state index is 13.5. The monoisotopic (exact) mass is 236 g/mol. The standard InChI is InChI=1S/C13H17FN2O/c1-9-6-7-16(8-9)13(17)10-4-3-5-11(14)12(10)15-2/h3-5,9,15H,6-8H2,1-2H3. The van der Waals surface area contributed by atoms with Gasteiger partial charge in [-0.15, -0.1) is 0 Å². The second-order valence-corrected chi connectivity index (χ2v) is 4.56. The van der Waals surface area contributed by atoms with Crippen molar-refractivity contribution < 1.29 is 9.18 Å². The van der Waals surface area contributed by atoms with Crippen LogP contribution in [0.2, 0.25) is 0 Å². The number of para-hydroxylation sites is 1. The zero-order chi connectivity index (χ0) is 12.4. The Bertz CT molecular complexity index is 433. The minimum atomic E-state index is -0.384. The van der Waals surface area contributed by atoms with Crippen LogP contribution in [0.25, 0.3) is 0 Å². The molecule has 1 aromatic rings. The van der Waals surface area contributed by atoms with Crippen LogP contribution in [-0.4, -0.2) is 30.9 Å². The zero-order valence-electron chi connectivity index (χ0n) is 10.2. The molecule has 1 unspecified atom stereocenters. The SMILES string of the molecule is CNc1c(F)cccc1C(=O)N1CCC(C)C1. The van der Waals surface area contributed by atoms with Gasteiger partial charge in [0.2, 0.25) is 0 Å². The summed E-state index contributed by atoms with van der Waals surface area (Å²) in [6, 6.07) is 4.60. The Kier molecular flexibility index (Phi) is 3.31. The number of likely N-dealkylation sites (tertiary alicyclic amines) is 1. The summed E-state index contributed by atoms with van der Waals surface area (Å²) in [6.45, 7) is 3.65. The fourth-order valence-corrected chi connectivity index (χ4v) is 2.25. The molecule has 1 aliphatic heterocycles. The fourth-order valence-electron chi connectivity index (χ4n) is 2.25. The lowest BCUT2D eigenvalue weighted by molar-refractivity contribution is 0.0788. The van der Waals surface area contributed by atoms with Crippen LogP contribution in [0.15, 0.2) is 18.2 Å². The van der Waals surface area contributed by atoms with Gasteiger partial charge in [-0.25, -0.2) is 4.39 Å². The topological polar surface area (TPSA) is 32.3 Å². The van der Waals surface area contributed by atoms with Crippen LogP contribution in [0.1, 0.15) is 23.7 Å². The summed E-state index contributed by atoms with van der Waals surface area (Å²) >= 11 is 0. The fraction of sp³-hybridized carbons (Fsp3) is 0.462. The highest BCUT2D eigenvalue weighted by Crippen LogP contribution is 2.24. The molecule has 1 atom stereocenters. The number of benzene rings is 1. The van der Waals surface area contributed by atoms with Crippen LogP contribution in [0.3, 0.4) is 0 Å². The third-order valence-corrected chi connectivity index (χ3v) is 3.21. The highest BCUT2D eigenvalue weighted by Gasteiger charge is 2.26. The number of rotatable bonds is 2. The largest absolute Gasteiger partial charge is 0.385 e. The van der Waals surface area contributed by atoms with Crippen molar-refractivity contribution in [1.82, 2.24) is 4.90 Å². The van der Waals surface area contributed by atoms with Gasteiger partial charge in [-0.05, 0) is 24.5 Å². The predicted molar refractivity (Wildman–Crippen MR) is 65.6 cm³/mol. The molecule has 1 saturated heterocycles. The molecule has 4 heteroatoms. The number of carbonyl (C=O) groups is 1. The van der Waals surface area contributed by atoms with Crippen LogP contribution >= 0.6 is 0 Å². The Balaban J connectivity index is 2.28. The van der Waals surface area contributed by atoms with E-state index >= 15 is 0 Å². The Morgan fingerprint density at radius 3 is 2.88 bits per heavy atom. The van der Waals surface area contributed by atoms with Gasteiger partial charge in [0.1, 0.15) is 5.82 Å². The maximum absolute atomic E-state index is 13.5. The number of halogens is 1. The van der Waals surface area contributed by atoms with Crippen LogP contribution < -0.4 is 5.32 Å². The van der Waals surface area contributed by atoms with E-state index in [1.165, 1.54) is 6.07 Å². The number of anilines is 1. The summed E-state index contributed by atoms with van der Waals surface area (Å²) in [4.78, 5) is 14.0. The molecule has 0 bridgehead atoms. The van der Waals surface area contributed by atoms with Gasteiger partial charge in [-0.2, -0.15) is 0 Å². The van der Waals surface area contributed by atoms with Crippen molar-refractivity contribution in [2.75, 3.05) is 25.5 Å². The van der Waals surface area contributed by atoms with Gasteiger partial charge in [0.15, 0.2) is 0 Å². The van der Waals surface area contributed by atoms with Gasteiger partial charge in [-0.3, -0.25) is 4.79 Å². The van der Waals surface area contributed by atoms with E-state index in [9.17, 15) is 9.18 Å². The van der Waals surface area contributed by atoms with Crippen LogP contribution in [0.5, 0.6) is 0 Å². The highest BCUT2D eigenvalue weighted by molar-refractivity contribution is 5.99. The lowest BCUT2D eigenvalue weighted by Crippen LogP contribution is -2.29. The number of hydrogen-bond donors (Lipinski definition) is 1. The van der Waals surface area contributed by atoms with E-state index in [0.717, 1.165) is 19.5 Å². The van der Waals surface area contributed by atoms with Crippen LogP contribution in [-0.2, 0) is 0 Å². The number of amides is 1. The molecule has 0 saturated carbocycles. The Hall–Kier alpha value is -1.58. The molecule has 0 aromatic heterocycles. The third kappa shape index (κ3) is 2.25. The van der Waals surface area contributed by atoms with Gasteiger partial charge in [0.05, 0.1) is 11.3 Å². The third-order valence-electron chi connectivity index (χ3n) is 3.21. The first-order valence-corrected chi connectivity index (χ1v) is 5.89. The van der Waals surface area contributed by atoms with E-state index in [1.807, 2.05) is 0 Å². The Labute approximate surface area is 101 Å². The second-order valence-electron chi connectivity index (χ2n) is 4.56. The lowest BCUT2D eigenvalue weighted by Gasteiger charge is -2.18. The van der Waals surface area contributed by atoms with Gasteiger partial charge in [0.25, 0.3) is 5.91 Å². The van der Waals surface area contributed by atoms with Gasteiger partial charge in [0, 0.05) is 20.1 Å². The van der Waals surface area contributed by atoms with Crippen LogP contribution in [0.4, 0.5) is 10.1 Å². The number of nitrogens with zero attached hydrogens (tertiary/aromatic N) is 1. The first kappa shape index (κ1) is 11.9. The Morgan fingerprint density at radius 1 is 1.53 bits per heavy atom. The molecule has 0 aliphatic carbocycles. The molecule has 1 fully saturated rings. The van der Waals surface area contributed by atoms with E-state index < -0.39 is 0 Å². The van der Waals surface area contributed by atoms with Gasteiger partial charge < -0.3 is 10.2 Å². The molecule has 0 spiro atoms. The molecule has 1 aliphatic rings. The molecule has 1 aromatic carbocycles. The van der Waals surface area contributed by atoms with Crippen molar-refractivity contribution in [3.8, 4) is 0 Å². The van der Waals surface area contributed by atoms with E-state index in [2.05, 4.69) is 12.2 Å². The molecular formula is C13H17FN2O. The van der Waals surface area contributed by atoms with Crippen molar-refractivity contribution >= 4 is 11.6 Å². The number of carbonyl (C=O) groups excluding carboxylic acids is 1. The first-order valence-electron chi connectivity index (χ1n) is 5.89.